The van der Waals surface area contributed by atoms with Crippen molar-refractivity contribution in [1.29, 1.82) is 0 Å². The van der Waals surface area contributed by atoms with Gasteiger partial charge in [0.05, 0.1) is 19.4 Å². The van der Waals surface area contributed by atoms with Crippen LogP contribution in [0.2, 0.25) is 0 Å². The second-order valence-electron chi connectivity index (χ2n) is 2.43. The van der Waals surface area contributed by atoms with Crippen LogP contribution in [0.15, 0.2) is 6.20 Å². The molecule has 0 aromatic carbocycles. The molecule has 1 N–H and O–H groups in total. The van der Waals surface area contributed by atoms with Gasteiger partial charge < -0.3 is 9.84 Å². The van der Waals surface area contributed by atoms with Gasteiger partial charge in [-0.3, -0.25) is 4.68 Å². The van der Waals surface area contributed by atoms with E-state index in [0.717, 1.165) is 0 Å². The summed E-state index contributed by atoms with van der Waals surface area (Å²) in [5, 5.41) is 13.2. The molecule has 1 atom stereocenters. The number of ether oxygens (including phenoxy) is 1. The lowest BCUT2D eigenvalue weighted by atomic mass is 10.3. The van der Waals surface area contributed by atoms with Gasteiger partial charge in [-0.15, -0.1) is 0 Å². The Morgan fingerprint density at radius 2 is 2.36 bits per heavy atom. The average Bonchev–Trinajstić information content (AvgIpc) is 2.30. The number of aryl methyl sites for hydroxylation is 1. The zero-order valence-electron chi connectivity index (χ0n) is 6.90. The molecule has 4 nitrogen and oxygen atoms in total. The van der Waals surface area contributed by atoms with Crippen molar-refractivity contribution in [1.82, 2.24) is 9.78 Å². The van der Waals surface area contributed by atoms with Crippen molar-refractivity contribution in [3.63, 3.8) is 0 Å². The Hall–Kier alpha value is -1.03. The minimum Gasteiger partial charge on any atom is -0.493 e. The lowest BCUT2D eigenvalue weighted by molar-refractivity contribution is 0.189. The Kier molecular flexibility index (Phi) is 2.14. The molecule has 1 rings (SSSR count). The summed E-state index contributed by atoms with van der Waals surface area (Å²) < 4.78 is 6.60. The molecule has 0 saturated carbocycles. The van der Waals surface area contributed by atoms with Crippen LogP contribution in [0.25, 0.3) is 0 Å². The Bertz CT molecular complexity index is 243. The van der Waals surface area contributed by atoms with E-state index in [4.69, 9.17) is 4.74 Å². The topological polar surface area (TPSA) is 47.3 Å². The predicted molar refractivity (Wildman–Crippen MR) is 40.4 cm³/mol. The molecule has 0 radical (unpaired) electrons. The fourth-order valence-electron chi connectivity index (χ4n) is 0.931. The zero-order valence-corrected chi connectivity index (χ0v) is 6.90. The standard InChI is InChI=1S/C7H12N2O2/c1-5(10)7-6(11-3)4-9(2)8-7/h4-5,10H,1-3H3/t5-/m1/s1. The average molecular weight is 156 g/mol. The molecule has 1 aromatic heterocycles. The highest BCUT2D eigenvalue weighted by atomic mass is 16.5. The largest absolute Gasteiger partial charge is 0.493 e. The zero-order chi connectivity index (χ0) is 8.43. The van der Waals surface area contributed by atoms with Crippen LogP contribution in [0, 0.1) is 0 Å². The number of aliphatic hydroxyl groups excluding tert-OH is 1. The van der Waals surface area contributed by atoms with E-state index in [9.17, 15) is 5.11 Å². The second kappa shape index (κ2) is 2.92. The van der Waals surface area contributed by atoms with Gasteiger partial charge in [0.25, 0.3) is 0 Å². The molecule has 1 heterocycles. The Morgan fingerprint density at radius 1 is 1.73 bits per heavy atom. The summed E-state index contributed by atoms with van der Waals surface area (Å²) >= 11 is 0. The van der Waals surface area contributed by atoms with Crippen LogP contribution in [0.4, 0.5) is 0 Å². The molecule has 4 heteroatoms. The molecule has 11 heavy (non-hydrogen) atoms. The quantitative estimate of drug-likeness (QED) is 0.677. The predicted octanol–water partition coefficient (Wildman–Crippen LogP) is 0.482. The first-order chi connectivity index (χ1) is 5.15. The number of rotatable bonds is 2. The van der Waals surface area contributed by atoms with Gasteiger partial charge in [-0.1, -0.05) is 0 Å². The highest BCUT2D eigenvalue weighted by Crippen LogP contribution is 2.21. The van der Waals surface area contributed by atoms with Crippen molar-refractivity contribution in [2.24, 2.45) is 7.05 Å². The third-order valence-electron chi connectivity index (χ3n) is 1.44. The van der Waals surface area contributed by atoms with Crippen molar-refractivity contribution < 1.29 is 9.84 Å². The summed E-state index contributed by atoms with van der Waals surface area (Å²) in [5.74, 6) is 0.627. The van der Waals surface area contributed by atoms with Crippen LogP contribution < -0.4 is 4.74 Å². The molecule has 0 aliphatic heterocycles. The molecule has 0 amide bonds. The summed E-state index contributed by atoms with van der Waals surface area (Å²) in [7, 11) is 3.34. The summed E-state index contributed by atoms with van der Waals surface area (Å²) in [6.45, 7) is 1.66. The van der Waals surface area contributed by atoms with E-state index in [2.05, 4.69) is 5.10 Å². The van der Waals surface area contributed by atoms with Gasteiger partial charge in [0.2, 0.25) is 0 Å². The number of nitrogens with zero attached hydrogens (tertiary/aromatic N) is 2. The smallest absolute Gasteiger partial charge is 0.162 e. The maximum Gasteiger partial charge on any atom is 0.162 e. The summed E-state index contributed by atoms with van der Waals surface area (Å²) in [4.78, 5) is 0. The Balaban J connectivity index is 3.02. The maximum atomic E-state index is 9.19. The number of hydrogen-bond donors (Lipinski definition) is 1. The molecular formula is C7H12N2O2. The second-order valence-corrected chi connectivity index (χ2v) is 2.43. The van der Waals surface area contributed by atoms with Gasteiger partial charge in [0, 0.05) is 7.05 Å². The third kappa shape index (κ3) is 1.51. The van der Waals surface area contributed by atoms with E-state index in [0.29, 0.717) is 11.4 Å². The lowest BCUT2D eigenvalue weighted by Gasteiger charge is -2.01. The van der Waals surface area contributed by atoms with E-state index in [1.54, 1.807) is 32.0 Å². The number of aliphatic hydroxyl groups is 1. The normalized spacial score (nSPS) is 13.1. The van der Waals surface area contributed by atoms with Gasteiger partial charge in [0.1, 0.15) is 5.69 Å². The van der Waals surface area contributed by atoms with Crippen LogP contribution in [-0.2, 0) is 7.05 Å². The highest BCUT2D eigenvalue weighted by molar-refractivity contribution is 5.25. The maximum absolute atomic E-state index is 9.19. The molecule has 0 aliphatic rings. The van der Waals surface area contributed by atoms with E-state index in [1.165, 1.54) is 0 Å². The minimum absolute atomic E-state index is 0.578. The first kappa shape index (κ1) is 8.07. The van der Waals surface area contributed by atoms with E-state index < -0.39 is 6.10 Å². The lowest BCUT2D eigenvalue weighted by Crippen LogP contribution is -1.96. The first-order valence-electron chi connectivity index (χ1n) is 3.40. The van der Waals surface area contributed by atoms with Crippen LogP contribution in [0.5, 0.6) is 5.75 Å². The first-order valence-corrected chi connectivity index (χ1v) is 3.40. The molecular weight excluding hydrogens is 144 g/mol. The fourth-order valence-corrected chi connectivity index (χ4v) is 0.931. The molecule has 0 unspecified atom stereocenters. The third-order valence-corrected chi connectivity index (χ3v) is 1.44. The summed E-state index contributed by atoms with van der Waals surface area (Å²) in [6, 6.07) is 0. The fraction of sp³-hybridized carbons (Fsp3) is 0.571. The highest BCUT2D eigenvalue weighted by Gasteiger charge is 2.12. The minimum atomic E-state index is -0.578. The van der Waals surface area contributed by atoms with Crippen LogP contribution >= 0.6 is 0 Å². The number of aromatic nitrogens is 2. The van der Waals surface area contributed by atoms with Gasteiger partial charge in [-0.05, 0) is 6.92 Å². The van der Waals surface area contributed by atoms with Gasteiger partial charge >= 0.3 is 0 Å². The molecule has 0 spiro atoms. The number of hydrogen-bond acceptors (Lipinski definition) is 3. The van der Waals surface area contributed by atoms with Crippen molar-refractivity contribution in [3.05, 3.63) is 11.9 Å². The Labute approximate surface area is 65.4 Å². The van der Waals surface area contributed by atoms with Crippen molar-refractivity contribution in [2.75, 3.05) is 7.11 Å². The van der Waals surface area contributed by atoms with Crippen LogP contribution in [0.3, 0.4) is 0 Å². The van der Waals surface area contributed by atoms with E-state index >= 15 is 0 Å². The van der Waals surface area contributed by atoms with E-state index in [1.807, 2.05) is 0 Å². The van der Waals surface area contributed by atoms with Crippen molar-refractivity contribution >= 4 is 0 Å². The number of methoxy groups -OCH3 is 1. The van der Waals surface area contributed by atoms with Crippen LogP contribution in [0.1, 0.15) is 18.7 Å². The molecule has 0 saturated heterocycles. The van der Waals surface area contributed by atoms with E-state index in [-0.39, 0.29) is 0 Å². The van der Waals surface area contributed by atoms with Gasteiger partial charge in [-0.2, -0.15) is 5.10 Å². The molecule has 62 valence electrons. The molecule has 1 aromatic rings. The Morgan fingerprint density at radius 3 is 2.73 bits per heavy atom. The molecule has 0 bridgehead atoms. The van der Waals surface area contributed by atoms with Crippen molar-refractivity contribution in [2.45, 2.75) is 13.0 Å². The summed E-state index contributed by atoms with van der Waals surface area (Å²) in [6.07, 6.45) is 1.15. The summed E-state index contributed by atoms with van der Waals surface area (Å²) in [5.41, 5.74) is 0.579. The monoisotopic (exact) mass is 156 g/mol. The SMILES string of the molecule is COc1cn(C)nc1[C@@H](C)O. The van der Waals surface area contributed by atoms with Gasteiger partial charge in [-0.25, -0.2) is 0 Å². The van der Waals surface area contributed by atoms with Gasteiger partial charge in [0.15, 0.2) is 5.75 Å². The van der Waals surface area contributed by atoms with Crippen LogP contribution in [-0.4, -0.2) is 22.0 Å². The van der Waals surface area contributed by atoms with Crippen molar-refractivity contribution in [3.8, 4) is 5.75 Å². The molecule has 0 fully saturated rings. The molecule has 0 aliphatic carbocycles.